The van der Waals surface area contributed by atoms with Crippen molar-refractivity contribution in [3.05, 3.63) is 17.8 Å². The monoisotopic (exact) mass is 326 g/mol. The van der Waals surface area contributed by atoms with Gasteiger partial charge in [-0.1, -0.05) is 0 Å². The first-order chi connectivity index (χ1) is 11.0. The van der Waals surface area contributed by atoms with E-state index in [9.17, 15) is 18.8 Å². The summed E-state index contributed by atoms with van der Waals surface area (Å²) in [5.74, 6) is -0.230. The highest BCUT2D eigenvalue weighted by Gasteiger charge is 2.28. The van der Waals surface area contributed by atoms with Gasteiger partial charge in [-0.05, 0) is 37.8 Å². The molecule has 2 heterocycles. The summed E-state index contributed by atoms with van der Waals surface area (Å²) < 4.78 is 37.0. The molecule has 0 spiro atoms. The molecule has 1 aromatic heterocycles. The quantitative estimate of drug-likeness (QED) is 0.829. The highest BCUT2D eigenvalue weighted by molar-refractivity contribution is 6.63. The zero-order chi connectivity index (χ0) is 16.6. The highest BCUT2D eigenvalue weighted by atomic mass is 19.3. The minimum absolute atomic E-state index is 0.109. The van der Waals surface area contributed by atoms with Gasteiger partial charge in [0.2, 0.25) is 0 Å². The number of halogens is 2. The van der Waals surface area contributed by atoms with Crippen LogP contribution in [0.25, 0.3) is 10.9 Å². The number of aromatic nitrogens is 2. The van der Waals surface area contributed by atoms with E-state index in [0.29, 0.717) is 23.1 Å². The van der Waals surface area contributed by atoms with Gasteiger partial charge in [-0.25, -0.2) is 4.68 Å². The van der Waals surface area contributed by atoms with Crippen molar-refractivity contribution < 1.29 is 28.3 Å². The summed E-state index contributed by atoms with van der Waals surface area (Å²) in [4.78, 5) is 0. The van der Waals surface area contributed by atoms with Crippen LogP contribution in [0.1, 0.15) is 31.1 Å². The van der Waals surface area contributed by atoms with Crippen LogP contribution >= 0.6 is 0 Å². The Morgan fingerprint density at radius 3 is 2.83 bits per heavy atom. The van der Waals surface area contributed by atoms with Crippen molar-refractivity contribution in [2.75, 3.05) is 6.61 Å². The molecule has 0 saturated carbocycles. The van der Waals surface area contributed by atoms with Gasteiger partial charge in [0.1, 0.15) is 5.75 Å². The van der Waals surface area contributed by atoms with Crippen LogP contribution in [-0.2, 0) is 4.74 Å². The van der Waals surface area contributed by atoms with Crippen molar-refractivity contribution >= 4 is 23.5 Å². The molecule has 124 valence electrons. The maximum atomic E-state index is 12.6. The van der Waals surface area contributed by atoms with Gasteiger partial charge < -0.3 is 19.5 Å². The Bertz CT molecular complexity index is 702. The zero-order valence-corrected chi connectivity index (χ0v) is 12.6. The van der Waals surface area contributed by atoms with E-state index in [1.54, 1.807) is 17.7 Å². The third-order valence-electron chi connectivity index (χ3n) is 3.97. The highest BCUT2D eigenvalue weighted by Crippen LogP contribution is 2.29. The first-order valence-electron chi connectivity index (χ1n) is 7.42. The number of nitrogens with zero attached hydrogens (tertiary/aromatic N) is 2. The molecule has 0 bridgehead atoms. The van der Waals surface area contributed by atoms with E-state index < -0.39 is 13.7 Å². The van der Waals surface area contributed by atoms with Gasteiger partial charge in [0, 0.05) is 17.5 Å². The molecule has 1 atom stereocenters. The van der Waals surface area contributed by atoms with Crippen LogP contribution in [0.5, 0.6) is 5.75 Å². The fourth-order valence-corrected chi connectivity index (χ4v) is 2.98. The number of hydrogen-bond acceptors (Lipinski definition) is 5. The lowest BCUT2D eigenvalue weighted by atomic mass is 9.76. The molecule has 2 N–H and O–H groups in total. The summed E-state index contributed by atoms with van der Waals surface area (Å²) in [6.07, 6.45) is 3.96. The molecule has 0 radical (unpaired) electrons. The number of hydrogen-bond donors (Lipinski definition) is 2. The Kier molecular flexibility index (Phi) is 4.51. The van der Waals surface area contributed by atoms with Gasteiger partial charge >= 0.3 is 13.7 Å². The summed E-state index contributed by atoms with van der Waals surface area (Å²) in [5.41, 5.74) is 0.861. The number of rotatable bonds is 4. The smallest absolute Gasteiger partial charge is 0.435 e. The molecule has 1 aliphatic heterocycles. The minimum atomic E-state index is -3.06. The predicted molar refractivity (Wildman–Crippen MR) is 79.8 cm³/mol. The second-order valence-electron chi connectivity index (χ2n) is 5.53. The Morgan fingerprint density at radius 2 is 2.22 bits per heavy atom. The zero-order valence-electron chi connectivity index (χ0n) is 12.6. The second-order valence-corrected chi connectivity index (χ2v) is 5.53. The third-order valence-corrected chi connectivity index (χ3v) is 3.97. The van der Waals surface area contributed by atoms with E-state index in [0.717, 1.165) is 19.3 Å². The van der Waals surface area contributed by atoms with Crippen molar-refractivity contribution in [1.29, 1.82) is 0 Å². The van der Waals surface area contributed by atoms with Crippen molar-refractivity contribution in [1.82, 2.24) is 9.78 Å². The Labute approximate surface area is 131 Å². The van der Waals surface area contributed by atoms with Crippen LogP contribution in [-0.4, -0.2) is 40.2 Å². The Hall–Kier alpha value is -1.71. The first kappa shape index (κ1) is 16.2. The number of alkyl halides is 2. The SMILES string of the molecule is Cc1cc2c(cnn2C2CCCCO2)c(B(O)O)c1OC(F)F. The molecule has 1 aliphatic rings. The minimum Gasteiger partial charge on any atom is -0.435 e. The molecule has 2 aromatic rings. The van der Waals surface area contributed by atoms with Gasteiger partial charge in [0.25, 0.3) is 0 Å². The fourth-order valence-electron chi connectivity index (χ4n) is 2.98. The molecule has 1 aromatic carbocycles. The van der Waals surface area contributed by atoms with E-state index in [1.807, 2.05) is 0 Å². The lowest BCUT2D eigenvalue weighted by Crippen LogP contribution is -2.33. The normalized spacial score (nSPS) is 18.6. The fraction of sp³-hybridized carbons (Fsp3) is 0.500. The van der Waals surface area contributed by atoms with E-state index in [2.05, 4.69) is 9.84 Å². The van der Waals surface area contributed by atoms with E-state index in [-0.39, 0.29) is 17.4 Å². The van der Waals surface area contributed by atoms with Crippen LogP contribution in [0.4, 0.5) is 8.78 Å². The molecular formula is C14H17BF2N2O4. The van der Waals surface area contributed by atoms with Crippen molar-refractivity contribution in [3.63, 3.8) is 0 Å². The van der Waals surface area contributed by atoms with E-state index >= 15 is 0 Å². The predicted octanol–water partition coefficient (Wildman–Crippen LogP) is 1.33. The van der Waals surface area contributed by atoms with Gasteiger partial charge in [-0.15, -0.1) is 0 Å². The van der Waals surface area contributed by atoms with E-state index in [1.165, 1.54) is 6.20 Å². The van der Waals surface area contributed by atoms with Crippen LogP contribution in [0.3, 0.4) is 0 Å². The van der Waals surface area contributed by atoms with Crippen LogP contribution in [0.2, 0.25) is 0 Å². The average Bonchev–Trinajstić information content (AvgIpc) is 2.91. The lowest BCUT2D eigenvalue weighted by molar-refractivity contribution is -0.0496. The van der Waals surface area contributed by atoms with Crippen molar-refractivity contribution in [2.24, 2.45) is 0 Å². The standard InChI is InChI=1S/C14H17BF2N2O4/c1-8-6-10-9(12(15(20)21)13(8)23-14(16)17)7-18-19(10)11-4-2-3-5-22-11/h6-7,11,14,20-21H,2-5H2,1H3. The van der Waals surface area contributed by atoms with Crippen molar-refractivity contribution in [2.45, 2.75) is 39.0 Å². The number of ether oxygens (including phenoxy) is 2. The average molecular weight is 326 g/mol. The summed E-state index contributed by atoms with van der Waals surface area (Å²) in [5, 5.41) is 23.9. The molecule has 0 amide bonds. The first-order valence-corrected chi connectivity index (χ1v) is 7.42. The summed E-state index contributed by atoms with van der Waals surface area (Å²) >= 11 is 0. The maximum absolute atomic E-state index is 12.6. The van der Waals surface area contributed by atoms with E-state index in [4.69, 9.17) is 4.74 Å². The maximum Gasteiger partial charge on any atom is 0.493 e. The molecule has 9 heteroatoms. The molecule has 0 aliphatic carbocycles. The summed E-state index contributed by atoms with van der Waals surface area (Å²) in [6.45, 7) is -0.852. The van der Waals surface area contributed by atoms with Gasteiger partial charge in [-0.3, -0.25) is 0 Å². The van der Waals surface area contributed by atoms with Crippen LogP contribution in [0.15, 0.2) is 12.3 Å². The number of aryl methyl sites for hydroxylation is 1. The molecule has 1 fully saturated rings. The number of fused-ring (bicyclic) bond motifs is 1. The van der Waals surface area contributed by atoms with Gasteiger partial charge in [0.05, 0.1) is 11.7 Å². The molecule has 1 unspecified atom stereocenters. The van der Waals surface area contributed by atoms with Crippen LogP contribution < -0.4 is 10.2 Å². The lowest BCUT2D eigenvalue weighted by Gasteiger charge is -2.24. The molecular weight excluding hydrogens is 309 g/mol. The van der Waals surface area contributed by atoms with Gasteiger partial charge in [0.15, 0.2) is 6.23 Å². The molecule has 3 rings (SSSR count). The van der Waals surface area contributed by atoms with Crippen molar-refractivity contribution in [3.8, 4) is 5.75 Å². The second kappa shape index (κ2) is 6.42. The summed E-state index contributed by atoms with van der Waals surface area (Å²) in [7, 11) is -1.95. The Balaban J connectivity index is 2.14. The number of benzene rings is 1. The molecule has 23 heavy (non-hydrogen) atoms. The summed E-state index contributed by atoms with van der Waals surface area (Å²) in [6, 6.07) is 1.64. The van der Waals surface area contributed by atoms with Crippen LogP contribution in [0, 0.1) is 6.92 Å². The largest absolute Gasteiger partial charge is 0.493 e. The van der Waals surface area contributed by atoms with Gasteiger partial charge in [-0.2, -0.15) is 13.9 Å². The molecule has 6 nitrogen and oxygen atoms in total. The third kappa shape index (κ3) is 3.04. The topological polar surface area (TPSA) is 76.7 Å². The molecule has 1 saturated heterocycles. The Morgan fingerprint density at radius 1 is 1.43 bits per heavy atom.